The zero-order chi connectivity index (χ0) is 32.3. The topological polar surface area (TPSA) is 94.3 Å². The number of hydrogen-bond acceptors (Lipinski definition) is 7. The Hall–Kier alpha value is -5.10. The van der Waals surface area contributed by atoms with Gasteiger partial charge in [0, 0.05) is 6.07 Å². The van der Waals surface area contributed by atoms with Crippen LogP contribution >= 0.6 is 11.8 Å². The first-order valence-corrected chi connectivity index (χ1v) is 14.5. The van der Waals surface area contributed by atoms with Gasteiger partial charge < -0.3 is 9.47 Å². The smallest absolute Gasteiger partial charge is 0.416 e. The van der Waals surface area contributed by atoms with Crippen molar-refractivity contribution >= 4 is 46.0 Å². The number of nitrogens with zero attached hydrogens (tertiary/aromatic N) is 3. The highest BCUT2D eigenvalue weighted by Crippen LogP contribution is 2.42. The number of amidine groups is 1. The van der Waals surface area contributed by atoms with Crippen LogP contribution in [-0.4, -0.2) is 22.6 Å². The number of carbonyl (C=O) groups excluding carboxylic acids is 1. The molecule has 0 radical (unpaired) electrons. The Bertz CT molecular complexity index is 1820. The van der Waals surface area contributed by atoms with E-state index in [1.54, 1.807) is 30.0 Å². The summed E-state index contributed by atoms with van der Waals surface area (Å²) in [6, 6.07) is 21.8. The maximum atomic E-state index is 13.7. The van der Waals surface area contributed by atoms with Gasteiger partial charge in [0.15, 0.2) is 16.7 Å². The van der Waals surface area contributed by atoms with Gasteiger partial charge in [-0.3, -0.25) is 19.8 Å². The van der Waals surface area contributed by atoms with Gasteiger partial charge in [-0.05, 0) is 92.7 Å². The zero-order valence-corrected chi connectivity index (χ0v) is 25.1. The zero-order valence-electron chi connectivity index (χ0n) is 24.3. The molecule has 1 saturated heterocycles. The fourth-order valence-corrected chi connectivity index (χ4v) is 5.36. The van der Waals surface area contributed by atoms with Gasteiger partial charge >= 0.3 is 11.9 Å². The number of halogens is 3. The van der Waals surface area contributed by atoms with Crippen LogP contribution in [0.3, 0.4) is 0 Å². The summed E-state index contributed by atoms with van der Waals surface area (Å²) in [7, 11) is 0. The van der Waals surface area contributed by atoms with E-state index in [1.807, 2.05) is 62.4 Å². The average Bonchev–Trinajstić information content (AvgIpc) is 3.29. The van der Waals surface area contributed by atoms with Crippen LogP contribution in [0.2, 0.25) is 0 Å². The molecule has 0 atom stereocenters. The molecular formula is C33H26F3N3O5S. The first kappa shape index (κ1) is 31.3. The number of nitro groups is 1. The first-order chi connectivity index (χ1) is 21.4. The Morgan fingerprint density at radius 2 is 1.56 bits per heavy atom. The lowest BCUT2D eigenvalue weighted by molar-refractivity contribution is -0.385. The number of rotatable bonds is 8. The molecule has 0 unspecified atom stereocenters. The molecule has 0 N–H and O–H groups in total. The van der Waals surface area contributed by atoms with Crippen molar-refractivity contribution in [3.05, 3.63) is 122 Å². The predicted molar refractivity (Wildman–Crippen MR) is 168 cm³/mol. The molecular weight excluding hydrogens is 607 g/mol. The van der Waals surface area contributed by atoms with Crippen molar-refractivity contribution in [1.82, 2.24) is 0 Å². The molecule has 230 valence electrons. The lowest BCUT2D eigenvalue weighted by Gasteiger charge is -2.16. The summed E-state index contributed by atoms with van der Waals surface area (Å²) >= 11 is 1.20. The number of alkyl halides is 3. The lowest BCUT2D eigenvalue weighted by atomic mass is 10.1. The molecule has 0 saturated carbocycles. The molecule has 1 aliphatic rings. The molecule has 0 aromatic heterocycles. The second-order valence-electron chi connectivity index (χ2n) is 10.00. The molecule has 4 aromatic carbocycles. The highest BCUT2D eigenvalue weighted by atomic mass is 32.2. The Kier molecular flexibility index (Phi) is 8.96. The summed E-state index contributed by atoms with van der Waals surface area (Å²) in [5.74, 6) is -0.434. The maximum Gasteiger partial charge on any atom is 0.416 e. The molecule has 5 rings (SSSR count). The van der Waals surface area contributed by atoms with E-state index in [-0.39, 0.29) is 29.8 Å². The quantitative estimate of drug-likeness (QED) is 0.109. The summed E-state index contributed by atoms with van der Waals surface area (Å²) in [4.78, 5) is 31.0. The van der Waals surface area contributed by atoms with Gasteiger partial charge in [-0.2, -0.15) is 13.2 Å². The van der Waals surface area contributed by atoms with Crippen LogP contribution in [0.4, 0.5) is 30.2 Å². The molecule has 0 spiro atoms. The molecule has 0 bridgehead atoms. The van der Waals surface area contributed by atoms with E-state index in [4.69, 9.17) is 14.5 Å². The third kappa shape index (κ3) is 7.18. The summed E-state index contributed by atoms with van der Waals surface area (Å²) in [5, 5.41) is 12.0. The second-order valence-corrected chi connectivity index (χ2v) is 11.0. The monoisotopic (exact) mass is 633 g/mol. The number of anilines is 1. The van der Waals surface area contributed by atoms with Crippen LogP contribution in [0.5, 0.6) is 17.2 Å². The first-order valence-electron chi connectivity index (χ1n) is 13.7. The number of aliphatic imine (C=N–C) groups is 1. The Balaban J connectivity index is 1.50. The molecule has 1 aliphatic heterocycles. The number of hydrogen-bond donors (Lipinski definition) is 0. The van der Waals surface area contributed by atoms with E-state index in [1.165, 1.54) is 17.8 Å². The Morgan fingerprint density at radius 3 is 2.18 bits per heavy atom. The fraction of sp³-hybridized carbons (Fsp3) is 0.152. The van der Waals surface area contributed by atoms with Crippen molar-refractivity contribution < 1.29 is 32.4 Å². The largest absolute Gasteiger partial charge is 0.490 e. The predicted octanol–water partition coefficient (Wildman–Crippen LogP) is 9.23. The van der Waals surface area contributed by atoms with Crippen LogP contribution in [0.1, 0.15) is 29.2 Å². The number of thioether (sulfide) groups is 1. The highest BCUT2D eigenvalue weighted by molar-refractivity contribution is 8.19. The van der Waals surface area contributed by atoms with Crippen LogP contribution in [0.25, 0.3) is 6.08 Å². The van der Waals surface area contributed by atoms with Crippen LogP contribution in [0, 0.1) is 24.0 Å². The minimum Gasteiger partial charge on any atom is -0.490 e. The minimum absolute atomic E-state index is 0.0511. The van der Waals surface area contributed by atoms with Gasteiger partial charge in [0.2, 0.25) is 5.75 Å². The summed E-state index contributed by atoms with van der Waals surface area (Å²) in [6.07, 6.45) is -3.09. The van der Waals surface area contributed by atoms with E-state index in [0.717, 1.165) is 17.2 Å². The van der Waals surface area contributed by atoms with E-state index in [2.05, 4.69) is 0 Å². The van der Waals surface area contributed by atoms with Crippen molar-refractivity contribution in [3.63, 3.8) is 0 Å². The van der Waals surface area contributed by atoms with Crippen LogP contribution < -0.4 is 14.4 Å². The van der Waals surface area contributed by atoms with Gasteiger partial charge in [0.25, 0.3) is 5.91 Å². The number of benzene rings is 4. The minimum atomic E-state index is -4.76. The number of amides is 1. The standard InChI is InChI=1S/C33H26F3N3O5S/c1-4-43-29-17-22(9-15-28(29)44-27-16-10-23(33(34,35)36)19-26(27)39(41)42)18-30-31(40)38(25-13-7-21(3)8-14-25)32(45-30)37-24-11-5-20(2)6-12-24/h5-19H,4H2,1-3H3/b30-18-,37-32?. The molecule has 45 heavy (non-hydrogen) atoms. The van der Waals surface area contributed by atoms with Crippen molar-refractivity contribution in [2.75, 3.05) is 11.5 Å². The van der Waals surface area contributed by atoms with Gasteiger partial charge in [-0.1, -0.05) is 41.5 Å². The second kappa shape index (κ2) is 12.9. The normalized spacial score (nSPS) is 15.2. The Labute approximate surface area is 261 Å². The fourth-order valence-electron chi connectivity index (χ4n) is 4.36. The van der Waals surface area contributed by atoms with Gasteiger partial charge in [0.05, 0.1) is 33.4 Å². The third-order valence-corrected chi connectivity index (χ3v) is 7.59. The average molecular weight is 634 g/mol. The summed E-state index contributed by atoms with van der Waals surface area (Å²) in [6.45, 7) is 5.85. The summed E-state index contributed by atoms with van der Waals surface area (Å²) in [5.41, 5.74) is 2.01. The molecule has 0 aliphatic carbocycles. The van der Waals surface area contributed by atoms with Crippen LogP contribution in [-0.2, 0) is 11.0 Å². The third-order valence-electron chi connectivity index (χ3n) is 6.63. The van der Waals surface area contributed by atoms with Crippen molar-refractivity contribution in [2.24, 2.45) is 4.99 Å². The van der Waals surface area contributed by atoms with E-state index < -0.39 is 22.4 Å². The number of nitro benzene ring substituents is 1. The molecule has 1 heterocycles. The highest BCUT2D eigenvalue weighted by Gasteiger charge is 2.35. The van der Waals surface area contributed by atoms with E-state index in [0.29, 0.717) is 39.1 Å². The molecule has 1 amide bonds. The molecule has 12 heteroatoms. The SMILES string of the molecule is CCOc1cc(/C=C2\SC(=Nc3ccc(C)cc3)N(c3ccc(C)cc3)C2=O)ccc1Oc1ccc(C(F)(F)F)cc1[N+](=O)[O-]. The number of carbonyl (C=O) groups is 1. The van der Waals surface area contributed by atoms with E-state index >= 15 is 0 Å². The maximum absolute atomic E-state index is 13.7. The van der Waals surface area contributed by atoms with Crippen molar-refractivity contribution in [2.45, 2.75) is 26.9 Å². The number of aryl methyl sites for hydroxylation is 2. The molecule has 4 aromatic rings. The van der Waals surface area contributed by atoms with Crippen molar-refractivity contribution in [1.29, 1.82) is 0 Å². The lowest BCUT2D eigenvalue weighted by Crippen LogP contribution is -2.28. The van der Waals surface area contributed by atoms with Gasteiger partial charge in [-0.15, -0.1) is 0 Å². The Morgan fingerprint density at radius 1 is 0.911 bits per heavy atom. The van der Waals surface area contributed by atoms with E-state index in [9.17, 15) is 28.1 Å². The van der Waals surface area contributed by atoms with Crippen molar-refractivity contribution in [3.8, 4) is 17.2 Å². The van der Waals surface area contributed by atoms with Crippen LogP contribution in [0.15, 0.2) is 94.8 Å². The van der Waals surface area contributed by atoms with Gasteiger partial charge in [0.1, 0.15) is 0 Å². The number of ether oxygens (including phenoxy) is 2. The molecule has 1 fully saturated rings. The van der Waals surface area contributed by atoms with Gasteiger partial charge in [-0.25, -0.2) is 4.99 Å². The summed E-state index contributed by atoms with van der Waals surface area (Å²) < 4.78 is 50.9. The molecule has 8 nitrogen and oxygen atoms in total.